The molecule has 3 rings (SSSR count). The number of benzene rings is 3. The summed E-state index contributed by atoms with van der Waals surface area (Å²) in [5.74, 6) is 0.939. The van der Waals surface area contributed by atoms with E-state index in [0.29, 0.717) is 18.1 Å². The summed E-state index contributed by atoms with van der Waals surface area (Å²) < 4.78 is 11.5. The van der Waals surface area contributed by atoms with Crippen molar-refractivity contribution in [2.45, 2.75) is 13.5 Å². The summed E-state index contributed by atoms with van der Waals surface area (Å²) in [6.07, 6.45) is 0. The normalized spacial score (nSPS) is 10.2. The van der Waals surface area contributed by atoms with Gasteiger partial charge in [0.15, 0.2) is 18.1 Å². The lowest BCUT2D eigenvalue weighted by Crippen LogP contribution is -2.20. The van der Waals surface area contributed by atoms with Gasteiger partial charge in [0.1, 0.15) is 6.61 Å². The number of nitrogens with one attached hydrogen (secondary N) is 1. The summed E-state index contributed by atoms with van der Waals surface area (Å²) in [6, 6.07) is 24.9. The fourth-order valence-corrected chi connectivity index (χ4v) is 2.40. The molecule has 0 aliphatic carbocycles. The van der Waals surface area contributed by atoms with Gasteiger partial charge in [-0.15, -0.1) is 0 Å². The number of carbonyl (C=O) groups excluding carboxylic acids is 1. The van der Waals surface area contributed by atoms with Crippen LogP contribution in [0.25, 0.3) is 0 Å². The van der Waals surface area contributed by atoms with Gasteiger partial charge in [-0.3, -0.25) is 4.79 Å². The van der Waals surface area contributed by atoms with Crippen molar-refractivity contribution in [1.82, 2.24) is 0 Å². The van der Waals surface area contributed by atoms with E-state index in [4.69, 9.17) is 9.47 Å². The minimum atomic E-state index is -0.216. The van der Waals surface area contributed by atoms with Crippen molar-refractivity contribution in [3.8, 4) is 11.5 Å². The Kier molecular flexibility index (Phi) is 5.88. The Morgan fingerprint density at radius 3 is 2.12 bits per heavy atom. The number of aryl methyl sites for hydroxylation is 1. The average Bonchev–Trinajstić information content (AvgIpc) is 2.68. The van der Waals surface area contributed by atoms with E-state index in [9.17, 15) is 4.79 Å². The maximum atomic E-state index is 12.1. The summed E-state index contributed by atoms with van der Waals surface area (Å²) >= 11 is 0. The lowest BCUT2D eigenvalue weighted by Gasteiger charge is -2.13. The minimum Gasteiger partial charge on any atom is -0.485 e. The van der Waals surface area contributed by atoms with Crippen molar-refractivity contribution >= 4 is 11.6 Å². The molecule has 0 saturated carbocycles. The zero-order chi connectivity index (χ0) is 18.2. The third-order valence-corrected chi connectivity index (χ3v) is 3.78. The van der Waals surface area contributed by atoms with E-state index < -0.39 is 0 Å². The predicted octanol–water partition coefficient (Wildman–Crippen LogP) is 4.59. The summed E-state index contributed by atoms with van der Waals surface area (Å²) in [4.78, 5) is 12.1. The molecular weight excluding hydrogens is 326 g/mol. The molecule has 0 heterocycles. The van der Waals surface area contributed by atoms with E-state index in [1.54, 1.807) is 6.07 Å². The van der Waals surface area contributed by atoms with Crippen LogP contribution in [-0.2, 0) is 11.4 Å². The Morgan fingerprint density at radius 2 is 1.42 bits per heavy atom. The second-order valence-corrected chi connectivity index (χ2v) is 5.92. The van der Waals surface area contributed by atoms with E-state index >= 15 is 0 Å². The number of para-hydroxylation sites is 2. The van der Waals surface area contributed by atoms with E-state index in [0.717, 1.165) is 16.8 Å². The first kappa shape index (κ1) is 17.5. The van der Waals surface area contributed by atoms with Gasteiger partial charge in [-0.25, -0.2) is 0 Å². The lowest BCUT2D eigenvalue weighted by atomic mass is 10.2. The number of rotatable bonds is 7. The first-order valence-corrected chi connectivity index (χ1v) is 8.46. The van der Waals surface area contributed by atoms with Crippen LogP contribution in [-0.4, -0.2) is 12.5 Å². The molecule has 0 radical (unpaired) electrons. The number of amides is 1. The van der Waals surface area contributed by atoms with Crippen LogP contribution in [0.1, 0.15) is 11.1 Å². The summed E-state index contributed by atoms with van der Waals surface area (Å²) in [6.45, 7) is 2.36. The van der Waals surface area contributed by atoms with E-state index in [1.165, 1.54) is 0 Å². The van der Waals surface area contributed by atoms with Crippen molar-refractivity contribution in [2.24, 2.45) is 0 Å². The fraction of sp³-hybridized carbons (Fsp3) is 0.136. The Balaban J connectivity index is 1.56. The molecule has 4 heteroatoms. The van der Waals surface area contributed by atoms with Gasteiger partial charge in [0, 0.05) is 5.69 Å². The number of anilines is 1. The Labute approximate surface area is 153 Å². The maximum absolute atomic E-state index is 12.1. The monoisotopic (exact) mass is 347 g/mol. The molecule has 132 valence electrons. The van der Waals surface area contributed by atoms with E-state index in [1.807, 2.05) is 79.7 Å². The van der Waals surface area contributed by atoms with Crippen LogP contribution in [0.4, 0.5) is 5.69 Å². The topological polar surface area (TPSA) is 47.6 Å². The summed E-state index contributed by atoms with van der Waals surface area (Å²) in [5.41, 5.74) is 2.96. The molecule has 0 saturated heterocycles. The van der Waals surface area contributed by atoms with Gasteiger partial charge in [-0.2, -0.15) is 0 Å². The highest BCUT2D eigenvalue weighted by Crippen LogP contribution is 2.27. The van der Waals surface area contributed by atoms with Crippen LogP contribution < -0.4 is 14.8 Å². The SMILES string of the molecule is Cc1ccc(NC(=O)COc2ccccc2OCc2ccccc2)cc1. The van der Waals surface area contributed by atoms with Crippen molar-refractivity contribution in [3.05, 3.63) is 90.0 Å². The Bertz CT molecular complexity index is 845. The molecule has 1 N–H and O–H groups in total. The quantitative estimate of drug-likeness (QED) is 0.680. The van der Waals surface area contributed by atoms with Crippen LogP contribution in [0.3, 0.4) is 0 Å². The number of hydrogen-bond donors (Lipinski definition) is 1. The van der Waals surface area contributed by atoms with Crippen molar-refractivity contribution in [1.29, 1.82) is 0 Å². The van der Waals surface area contributed by atoms with Crippen LogP contribution in [0.2, 0.25) is 0 Å². The highest BCUT2D eigenvalue weighted by molar-refractivity contribution is 5.91. The summed E-state index contributed by atoms with van der Waals surface area (Å²) in [5, 5.41) is 2.81. The van der Waals surface area contributed by atoms with Gasteiger partial charge in [0.05, 0.1) is 0 Å². The highest BCUT2D eigenvalue weighted by atomic mass is 16.5. The minimum absolute atomic E-state index is 0.0837. The van der Waals surface area contributed by atoms with Gasteiger partial charge in [-0.1, -0.05) is 60.2 Å². The molecule has 0 aliphatic rings. The smallest absolute Gasteiger partial charge is 0.262 e. The molecule has 1 amide bonds. The molecule has 0 aromatic heterocycles. The number of carbonyl (C=O) groups is 1. The molecular formula is C22H21NO3. The third kappa shape index (κ3) is 5.11. The molecule has 0 spiro atoms. The average molecular weight is 347 g/mol. The van der Waals surface area contributed by atoms with Crippen LogP contribution in [0, 0.1) is 6.92 Å². The zero-order valence-corrected chi connectivity index (χ0v) is 14.6. The zero-order valence-electron chi connectivity index (χ0n) is 14.6. The molecule has 4 nitrogen and oxygen atoms in total. The first-order chi connectivity index (χ1) is 12.7. The first-order valence-electron chi connectivity index (χ1n) is 8.46. The highest BCUT2D eigenvalue weighted by Gasteiger charge is 2.08. The van der Waals surface area contributed by atoms with Crippen molar-refractivity contribution in [3.63, 3.8) is 0 Å². The van der Waals surface area contributed by atoms with Gasteiger partial charge in [0.25, 0.3) is 5.91 Å². The molecule has 0 aliphatic heterocycles. The molecule has 26 heavy (non-hydrogen) atoms. The molecule has 0 bridgehead atoms. The fourth-order valence-electron chi connectivity index (χ4n) is 2.40. The van der Waals surface area contributed by atoms with Gasteiger partial charge in [-0.05, 0) is 36.8 Å². The van der Waals surface area contributed by atoms with Gasteiger partial charge < -0.3 is 14.8 Å². The standard InChI is InChI=1S/C22H21NO3/c1-17-11-13-19(14-12-17)23-22(24)16-26-21-10-6-5-9-20(21)25-15-18-7-3-2-4-8-18/h2-14H,15-16H2,1H3,(H,23,24). The second-order valence-electron chi connectivity index (χ2n) is 5.92. The van der Waals surface area contributed by atoms with Gasteiger partial charge in [0.2, 0.25) is 0 Å². The number of hydrogen-bond acceptors (Lipinski definition) is 3. The molecule has 0 unspecified atom stereocenters. The van der Waals surface area contributed by atoms with Crippen LogP contribution >= 0.6 is 0 Å². The Morgan fingerprint density at radius 1 is 0.808 bits per heavy atom. The summed E-state index contributed by atoms with van der Waals surface area (Å²) in [7, 11) is 0. The van der Waals surface area contributed by atoms with E-state index in [-0.39, 0.29) is 12.5 Å². The van der Waals surface area contributed by atoms with Crippen LogP contribution in [0.5, 0.6) is 11.5 Å². The maximum Gasteiger partial charge on any atom is 0.262 e. The number of ether oxygens (including phenoxy) is 2. The van der Waals surface area contributed by atoms with Crippen molar-refractivity contribution in [2.75, 3.05) is 11.9 Å². The third-order valence-electron chi connectivity index (χ3n) is 3.78. The van der Waals surface area contributed by atoms with E-state index in [2.05, 4.69) is 5.32 Å². The van der Waals surface area contributed by atoms with Gasteiger partial charge >= 0.3 is 0 Å². The largest absolute Gasteiger partial charge is 0.485 e. The predicted molar refractivity (Wildman–Crippen MR) is 103 cm³/mol. The molecule has 0 fully saturated rings. The molecule has 0 atom stereocenters. The van der Waals surface area contributed by atoms with Crippen LogP contribution in [0.15, 0.2) is 78.9 Å². The lowest BCUT2D eigenvalue weighted by molar-refractivity contribution is -0.118. The van der Waals surface area contributed by atoms with Crippen molar-refractivity contribution < 1.29 is 14.3 Å². The molecule has 3 aromatic rings. The second kappa shape index (κ2) is 8.72. The molecule has 3 aromatic carbocycles. The Hall–Kier alpha value is -3.27.